The molecule has 3 aromatic rings. The first-order chi connectivity index (χ1) is 15.1. The van der Waals surface area contributed by atoms with Gasteiger partial charge in [0, 0.05) is 44.9 Å². The highest BCUT2D eigenvalue weighted by atomic mass is 16.5. The smallest absolute Gasteiger partial charge is 0.225 e. The average molecular weight is 418 g/mol. The number of anilines is 2. The lowest BCUT2D eigenvalue weighted by molar-refractivity contribution is 0.0958. The van der Waals surface area contributed by atoms with Gasteiger partial charge in [0.05, 0.1) is 36.0 Å². The van der Waals surface area contributed by atoms with Crippen molar-refractivity contribution in [2.75, 3.05) is 43.1 Å². The van der Waals surface area contributed by atoms with Gasteiger partial charge < -0.3 is 19.0 Å². The molecule has 1 aromatic carbocycles. The first kappa shape index (κ1) is 19.6. The van der Waals surface area contributed by atoms with E-state index in [-0.39, 0.29) is 11.7 Å². The molecule has 0 spiro atoms. The summed E-state index contributed by atoms with van der Waals surface area (Å²) in [5.41, 5.74) is 3.42. The van der Waals surface area contributed by atoms with Gasteiger partial charge in [0.15, 0.2) is 5.78 Å². The molecule has 31 heavy (non-hydrogen) atoms. The Bertz CT molecular complexity index is 1090. The Morgan fingerprint density at radius 2 is 1.77 bits per heavy atom. The molecule has 3 heterocycles. The van der Waals surface area contributed by atoms with Gasteiger partial charge in [0.1, 0.15) is 11.5 Å². The number of para-hydroxylation sites is 2. The van der Waals surface area contributed by atoms with Gasteiger partial charge in [-0.05, 0) is 31.2 Å². The highest BCUT2D eigenvalue weighted by Gasteiger charge is 2.32. The van der Waals surface area contributed by atoms with Crippen LogP contribution in [0.2, 0.25) is 0 Å². The van der Waals surface area contributed by atoms with Gasteiger partial charge in [-0.3, -0.25) is 4.79 Å². The number of hydrogen-bond donors (Lipinski definition) is 0. The summed E-state index contributed by atoms with van der Waals surface area (Å²) < 4.78 is 11.1. The minimum atomic E-state index is 0.0412. The molecule has 0 amide bonds. The van der Waals surface area contributed by atoms with E-state index < -0.39 is 0 Å². The summed E-state index contributed by atoms with van der Waals surface area (Å²) >= 11 is 0. The van der Waals surface area contributed by atoms with Crippen LogP contribution in [0.15, 0.2) is 47.1 Å². The van der Waals surface area contributed by atoms with Crippen molar-refractivity contribution in [3.05, 3.63) is 65.4 Å². The number of nitrogens with zero attached hydrogens (tertiary/aromatic N) is 4. The first-order valence-corrected chi connectivity index (χ1v) is 10.7. The molecule has 2 aliphatic rings. The number of piperazine rings is 1. The van der Waals surface area contributed by atoms with Crippen LogP contribution in [0.1, 0.15) is 39.8 Å². The molecule has 0 saturated carbocycles. The summed E-state index contributed by atoms with van der Waals surface area (Å²) in [6.07, 6.45) is 2.81. The van der Waals surface area contributed by atoms with Crippen LogP contribution in [-0.4, -0.2) is 49.0 Å². The SMILES string of the molecule is COc1ccccc1N1CCN(c2nc(C)c3c(n2)C[C@H](c2ccco2)CC3=O)CC1. The number of carbonyl (C=O) groups excluding carboxylic acids is 1. The van der Waals surface area contributed by atoms with Gasteiger partial charge in [-0.15, -0.1) is 0 Å². The van der Waals surface area contributed by atoms with Crippen molar-refractivity contribution in [1.29, 1.82) is 0 Å². The third-order valence-corrected chi connectivity index (χ3v) is 6.24. The Morgan fingerprint density at radius 3 is 2.52 bits per heavy atom. The van der Waals surface area contributed by atoms with Crippen LogP contribution in [0, 0.1) is 6.92 Å². The summed E-state index contributed by atoms with van der Waals surface area (Å²) in [6.45, 7) is 5.25. The van der Waals surface area contributed by atoms with Crippen LogP contribution in [0.25, 0.3) is 0 Å². The average Bonchev–Trinajstić information content (AvgIpc) is 3.34. The zero-order valence-corrected chi connectivity index (χ0v) is 17.9. The van der Waals surface area contributed by atoms with E-state index >= 15 is 0 Å². The lowest BCUT2D eigenvalue weighted by atomic mass is 9.84. The van der Waals surface area contributed by atoms with Crippen molar-refractivity contribution in [2.45, 2.75) is 25.7 Å². The predicted molar refractivity (Wildman–Crippen MR) is 118 cm³/mol. The van der Waals surface area contributed by atoms with Crippen LogP contribution in [-0.2, 0) is 6.42 Å². The van der Waals surface area contributed by atoms with E-state index in [4.69, 9.17) is 19.1 Å². The standard InChI is InChI=1S/C24H26N4O3/c1-16-23-18(14-17(15-20(23)29)21-8-5-13-31-21)26-24(25-16)28-11-9-27(10-12-28)19-6-3-4-7-22(19)30-2/h3-8,13,17H,9-12,14-15H2,1-2H3/t17-/m0/s1. The largest absolute Gasteiger partial charge is 0.495 e. The monoisotopic (exact) mass is 418 g/mol. The molecule has 0 radical (unpaired) electrons. The number of ketones is 1. The first-order valence-electron chi connectivity index (χ1n) is 10.7. The van der Waals surface area contributed by atoms with E-state index in [0.29, 0.717) is 24.4 Å². The number of aromatic nitrogens is 2. The van der Waals surface area contributed by atoms with Gasteiger partial charge in [0.2, 0.25) is 5.95 Å². The second-order valence-electron chi connectivity index (χ2n) is 8.12. The molecule has 0 bridgehead atoms. The fraction of sp³-hybridized carbons (Fsp3) is 0.375. The second kappa shape index (κ2) is 8.06. The molecule has 1 saturated heterocycles. The van der Waals surface area contributed by atoms with Crippen LogP contribution < -0.4 is 14.5 Å². The van der Waals surface area contributed by atoms with Crippen molar-refractivity contribution in [1.82, 2.24) is 9.97 Å². The van der Waals surface area contributed by atoms with Crippen LogP contribution in [0.4, 0.5) is 11.6 Å². The topological polar surface area (TPSA) is 71.7 Å². The summed E-state index contributed by atoms with van der Waals surface area (Å²) in [4.78, 5) is 26.9. The Morgan fingerprint density at radius 1 is 1.00 bits per heavy atom. The minimum Gasteiger partial charge on any atom is -0.495 e. The number of furan rings is 1. The third kappa shape index (κ3) is 3.65. The van der Waals surface area contributed by atoms with E-state index in [1.165, 1.54) is 0 Å². The van der Waals surface area contributed by atoms with Gasteiger partial charge in [0.25, 0.3) is 0 Å². The van der Waals surface area contributed by atoms with Crippen LogP contribution >= 0.6 is 0 Å². The zero-order valence-electron chi connectivity index (χ0n) is 17.9. The van der Waals surface area contributed by atoms with Crippen molar-refractivity contribution in [2.24, 2.45) is 0 Å². The maximum atomic E-state index is 12.8. The van der Waals surface area contributed by atoms with E-state index in [0.717, 1.165) is 54.8 Å². The molecule has 5 rings (SSSR count). The summed E-state index contributed by atoms with van der Waals surface area (Å²) in [6, 6.07) is 11.9. The van der Waals surface area contributed by atoms with Gasteiger partial charge in [-0.1, -0.05) is 12.1 Å². The molecular formula is C24H26N4O3. The maximum absolute atomic E-state index is 12.8. The van der Waals surface area contributed by atoms with E-state index in [1.807, 2.05) is 37.3 Å². The van der Waals surface area contributed by atoms with E-state index in [1.54, 1.807) is 13.4 Å². The lowest BCUT2D eigenvalue weighted by Crippen LogP contribution is -2.47. The number of aryl methyl sites for hydroxylation is 1. The highest BCUT2D eigenvalue weighted by molar-refractivity contribution is 5.99. The Kier molecular flexibility index (Phi) is 5.10. The second-order valence-corrected chi connectivity index (χ2v) is 8.12. The lowest BCUT2D eigenvalue weighted by Gasteiger charge is -2.37. The molecule has 1 aliphatic carbocycles. The van der Waals surface area contributed by atoms with Crippen molar-refractivity contribution in [3.8, 4) is 5.75 Å². The van der Waals surface area contributed by atoms with Crippen molar-refractivity contribution >= 4 is 17.4 Å². The van der Waals surface area contributed by atoms with Crippen molar-refractivity contribution < 1.29 is 13.9 Å². The highest BCUT2D eigenvalue weighted by Crippen LogP contribution is 2.34. The number of fused-ring (bicyclic) bond motifs is 1. The van der Waals surface area contributed by atoms with Crippen LogP contribution in [0.3, 0.4) is 0 Å². The summed E-state index contributed by atoms with van der Waals surface area (Å²) in [5, 5.41) is 0. The normalized spacial score (nSPS) is 18.8. The number of ether oxygens (including phenoxy) is 1. The number of carbonyl (C=O) groups is 1. The predicted octanol–water partition coefficient (Wildman–Crippen LogP) is 3.63. The summed E-state index contributed by atoms with van der Waals surface area (Å²) in [7, 11) is 1.70. The molecule has 1 atom stereocenters. The summed E-state index contributed by atoms with van der Waals surface area (Å²) in [5.74, 6) is 2.59. The Balaban J connectivity index is 1.36. The molecule has 1 fully saturated rings. The van der Waals surface area contributed by atoms with Crippen molar-refractivity contribution in [3.63, 3.8) is 0 Å². The Hall–Kier alpha value is -3.35. The molecule has 160 valence electrons. The fourth-order valence-corrected chi connectivity index (χ4v) is 4.66. The molecule has 7 heteroatoms. The van der Waals surface area contributed by atoms with Crippen LogP contribution in [0.5, 0.6) is 5.75 Å². The molecular weight excluding hydrogens is 392 g/mol. The number of hydrogen-bond acceptors (Lipinski definition) is 7. The number of benzene rings is 1. The zero-order chi connectivity index (χ0) is 21.4. The van der Waals surface area contributed by atoms with E-state index in [9.17, 15) is 4.79 Å². The molecule has 0 N–H and O–H groups in total. The van der Waals surface area contributed by atoms with Gasteiger partial charge in [-0.2, -0.15) is 0 Å². The molecule has 0 unspecified atom stereocenters. The number of methoxy groups -OCH3 is 1. The quantitative estimate of drug-likeness (QED) is 0.641. The van der Waals surface area contributed by atoms with Gasteiger partial charge >= 0.3 is 0 Å². The maximum Gasteiger partial charge on any atom is 0.225 e. The fourth-order valence-electron chi connectivity index (χ4n) is 4.66. The van der Waals surface area contributed by atoms with Gasteiger partial charge in [-0.25, -0.2) is 9.97 Å². The molecule has 1 aliphatic heterocycles. The number of rotatable bonds is 4. The van der Waals surface area contributed by atoms with E-state index in [2.05, 4.69) is 15.9 Å². The minimum absolute atomic E-state index is 0.0412. The Labute approximate surface area is 181 Å². The number of Topliss-reactive ketones (excluding diaryl/α,β-unsaturated/α-hetero) is 1. The molecule has 7 nitrogen and oxygen atoms in total. The third-order valence-electron chi connectivity index (χ3n) is 6.24. The molecule has 2 aromatic heterocycles.